The van der Waals surface area contributed by atoms with Crippen LogP contribution < -0.4 is 20.1 Å². The number of amides is 1. The molecule has 1 aromatic rings. The maximum absolute atomic E-state index is 12.9. The molecule has 176 valence electrons. The molecular weight excluding hydrogens is 521 g/mol. The average Bonchev–Trinajstić information content (AvgIpc) is 3.19. The number of para-hydroxylation sites is 1. The van der Waals surface area contributed by atoms with Crippen molar-refractivity contribution in [2.75, 3.05) is 34.3 Å². The van der Waals surface area contributed by atoms with Crippen molar-refractivity contribution in [1.29, 1.82) is 0 Å². The number of ether oxygens (including phenoxy) is 2. The highest BCUT2D eigenvalue weighted by atomic mass is 127. The van der Waals surface area contributed by atoms with Gasteiger partial charge >= 0.3 is 6.61 Å². The van der Waals surface area contributed by atoms with Crippen molar-refractivity contribution in [2.24, 2.45) is 10.4 Å². The maximum Gasteiger partial charge on any atom is 0.387 e. The first-order chi connectivity index (χ1) is 14.3. The Kier molecular flexibility index (Phi) is 11.3. The molecule has 7 nitrogen and oxygen atoms in total. The van der Waals surface area contributed by atoms with Gasteiger partial charge in [0.15, 0.2) is 17.5 Å². The Labute approximate surface area is 200 Å². The summed E-state index contributed by atoms with van der Waals surface area (Å²) >= 11 is 0. The summed E-state index contributed by atoms with van der Waals surface area (Å²) in [5, 5.41) is 6.34. The highest BCUT2D eigenvalue weighted by Gasteiger charge is 2.42. The fourth-order valence-electron chi connectivity index (χ4n) is 3.84. The third-order valence-electron chi connectivity index (χ3n) is 5.25. The molecular formula is C21H33F2IN4O3. The van der Waals surface area contributed by atoms with Crippen molar-refractivity contribution in [1.82, 2.24) is 15.5 Å². The highest BCUT2D eigenvalue weighted by Crippen LogP contribution is 2.39. The van der Waals surface area contributed by atoms with Gasteiger partial charge in [-0.3, -0.25) is 9.79 Å². The zero-order valence-corrected chi connectivity index (χ0v) is 20.9. The molecule has 0 spiro atoms. The van der Waals surface area contributed by atoms with Gasteiger partial charge in [0.1, 0.15) is 0 Å². The van der Waals surface area contributed by atoms with E-state index in [4.69, 9.17) is 9.47 Å². The Morgan fingerprint density at radius 2 is 1.94 bits per heavy atom. The molecule has 1 aliphatic carbocycles. The molecule has 10 heteroatoms. The maximum atomic E-state index is 12.9. The van der Waals surface area contributed by atoms with Crippen LogP contribution >= 0.6 is 24.0 Å². The number of halogens is 3. The summed E-state index contributed by atoms with van der Waals surface area (Å²) in [6.45, 7) is -0.180. The third-order valence-corrected chi connectivity index (χ3v) is 5.25. The second-order valence-corrected chi connectivity index (χ2v) is 7.52. The van der Waals surface area contributed by atoms with E-state index in [-0.39, 0.29) is 47.9 Å². The van der Waals surface area contributed by atoms with Crippen molar-refractivity contribution in [3.8, 4) is 11.5 Å². The van der Waals surface area contributed by atoms with Crippen LogP contribution in [0.5, 0.6) is 11.5 Å². The van der Waals surface area contributed by atoms with Gasteiger partial charge in [0.25, 0.3) is 0 Å². The lowest BCUT2D eigenvalue weighted by Crippen LogP contribution is -2.49. The van der Waals surface area contributed by atoms with Crippen molar-refractivity contribution < 1.29 is 23.0 Å². The van der Waals surface area contributed by atoms with Gasteiger partial charge in [-0.2, -0.15) is 8.78 Å². The van der Waals surface area contributed by atoms with E-state index in [1.54, 1.807) is 51.2 Å². The van der Waals surface area contributed by atoms with Gasteiger partial charge in [-0.15, -0.1) is 24.0 Å². The van der Waals surface area contributed by atoms with Crippen LogP contribution in [0.2, 0.25) is 0 Å². The number of guanidine groups is 1. The number of rotatable bonds is 9. The van der Waals surface area contributed by atoms with Crippen LogP contribution in [0, 0.1) is 5.41 Å². The summed E-state index contributed by atoms with van der Waals surface area (Å²) in [6.07, 6.45) is 3.70. The molecule has 1 amide bonds. The van der Waals surface area contributed by atoms with E-state index in [2.05, 4.69) is 15.6 Å². The molecule has 0 radical (unpaired) electrons. The lowest BCUT2D eigenvalue weighted by molar-refractivity contribution is -0.138. The number of alkyl halides is 2. The lowest BCUT2D eigenvalue weighted by Gasteiger charge is -2.31. The standard InChI is InChI=1S/C21H32F2N4O3.HI/c1-5-29-16-10-8-9-15(17(16)30-19(22)23)13-25-20(24-2)26-14-21(11-6-7-12-21)18(28)27(3)4;/h8-10,19H,5-7,11-14H2,1-4H3,(H2,24,25,26);1H. The highest BCUT2D eigenvalue weighted by molar-refractivity contribution is 14.0. The summed E-state index contributed by atoms with van der Waals surface area (Å²) < 4.78 is 35.9. The molecule has 31 heavy (non-hydrogen) atoms. The normalized spacial score (nSPS) is 15.3. The first-order valence-electron chi connectivity index (χ1n) is 10.2. The minimum absolute atomic E-state index is 0. The van der Waals surface area contributed by atoms with Gasteiger partial charge in [-0.05, 0) is 25.8 Å². The molecule has 0 aliphatic heterocycles. The Balaban J connectivity index is 0.00000480. The summed E-state index contributed by atoms with van der Waals surface area (Å²) in [5.41, 5.74) is 0.0732. The van der Waals surface area contributed by atoms with E-state index in [9.17, 15) is 13.6 Å². The number of hydrogen-bond donors (Lipinski definition) is 2. The van der Waals surface area contributed by atoms with Gasteiger partial charge in [0.05, 0.1) is 12.0 Å². The van der Waals surface area contributed by atoms with Gasteiger partial charge < -0.3 is 25.0 Å². The number of carbonyl (C=O) groups is 1. The zero-order valence-electron chi connectivity index (χ0n) is 18.5. The smallest absolute Gasteiger partial charge is 0.387 e. The van der Waals surface area contributed by atoms with Crippen LogP contribution in [0.3, 0.4) is 0 Å². The van der Waals surface area contributed by atoms with Gasteiger partial charge in [-0.25, -0.2) is 0 Å². The Morgan fingerprint density at radius 1 is 1.26 bits per heavy atom. The van der Waals surface area contributed by atoms with Crippen LogP contribution in [0.1, 0.15) is 38.2 Å². The fraction of sp³-hybridized carbons (Fsp3) is 0.619. The van der Waals surface area contributed by atoms with Crippen LogP contribution in [-0.4, -0.2) is 57.7 Å². The third kappa shape index (κ3) is 7.36. The summed E-state index contributed by atoms with van der Waals surface area (Å²) in [7, 11) is 5.16. The first kappa shape index (κ1) is 27.2. The number of nitrogens with one attached hydrogen (secondary N) is 2. The van der Waals surface area contributed by atoms with Gasteiger partial charge in [0, 0.05) is 39.8 Å². The summed E-state index contributed by atoms with van der Waals surface area (Å²) in [6, 6.07) is 5.00. The summed E-state index contributed by atoms with van der Waals surface area (Å²) in [4.78, 5) is 18.6. The molecule has 1 aliphatic rings. The molecule has 1 fully saturated rings. The van der Waals surface area contributed by atoms with Gasteiger partial charge in [-0.1, -0.05) is 25.0 Å². The molecule has 0 bridgehead atoms. The van der Waals surface area contributed by atoms with Crippen LogP contribution in [0.4, 0.5) is 8.78 Å². The van der Waals surface area contributed by atoms with Crippen molar-refractivity contribution in [2.45, 2.75) is 45.8 Å². The van der Waals surface area contributed by atoms with Crippen molar-refractivity contribution >= 4 is 35.8 Å². The molecule has 1 aromatic carbocycles. The number of carbonyl (C=O) groups excluding carboxylic acids is 1. The minimum atomic E-state index is -2.96. The Hall–Kier alpha value is -1.85. The van der Waals surface area contributed by atoms with Crippen molar-refractivity contribution in [3.63, 3.8) is 0 Å². The minimum Gasteiger partial charge on any atom is -0.490 e. The molecule has 0 aromatic heterocycles. The predicted molar refractivity (Wildman–Crippen MR) is 127 cm³/mol. The summed E-state index contributed by atoms with van der Waals surface area (Å²) in [5.74, 6) is 0.867. The molecule has 0 atom stereocenters. The molecule has 0 saturated heterocycles. The molecule has 0 unspecified atom stereocenters. The quantitative estimate of drug-likeness (QED) is 0.277. The molecule has 1 saturated carbocycles. The second kappa shape index (κ2) is 12.9. The Morgan fingerprint density at radius 3 is 2.48 bits per heavy atom. The van der Waals surface area contributed by atoms with E-state index in [0.29, 0.717) is 24.7 Å². The zero-order chi connectivity index (χ0) is 22.1. The number of hydrogen-bond acceptors (Lipinski definition) is 4. The largest absolute Gasteiger partial charge is 0.490 e. The van der Waals surface area contributed by atoms with E-state index in [1.165, 1.54) is 0 Å². The number of benzene rings is 1. The second-order valence-electron chi connectivity index (χ2n) is 7.52. The molecule has 2 rings (SSSR count). The van der Waals surface area contributed by atoms with Crippen LogP contribution in [-0.2, 0) is 11.3 Å². The number of nitrogens with zero attached hydrogens (tertiary/aromatic N) is 2. The van der Waals surface area contributed by atoms with E-state index in [0.717, 1.165) is 25.7 Å². The monoisotopic (exact) mass is 554 g/mol. The fourth-order valence-corrected chi connectivity index (χ4v) is 3.84. The number of aliphatic imine (C=N–C) groups is 1. The molecule has 2 N–H and O–H groups in total. The average molecular weight is 554 g/mol. The SMILES string of the molecule is CCOc1cccc(CNC(=NC)NCC2(C(=O)N(C)C)CCCC2)c1OC(F)F.I. The van der Waals surface area contributed by atoms with Crippen LogP contribution in [0.15, 0.2) is 23.2 Å². The van der Waals surface area contributed by atoms with Gasteiger partial charge in [0.2, 0.25) is 5.91 Å². The lowest BCUT2D eigenvalue weighted by atomic mass is 9.84. The predicted octanol–water partition coefficient (Wildman–Crippen LogP) is 3.62. The van der Waals surface area contributed by atoms with E-state index in [1.807, 2.05) is 0 Å². The van der Waals surface area contributed by atoms with E-state index < -0.39 is 12.0 Å². The van der Waals surface area contributed by atoms with Crippen LogP contribution in [0.25, 0.3) is 0 Å². The molecule has 0 heterocycles. The Bertz CT molecular complexity index is 741. The topological polar surface area (TPSA) is 75.2 Å². The first-order valence-corrected chi connectivity index (χ1v) is 10.2. The van der Waals surface area contributed by atoms with E-state index >= 15 is 0 Å². The van der Waals surface area contributed by atoms with Crippen molar-refractivity contribution in [3.05, 3.63) is 23.8 Å².